The summed E-state index contributed by atoms with van der Waals surface area (Å²) in [5, 5.41) is 0. The summed E-state index contributed by atoms with van der Waals surface area (Å²) in [6.07, 6.45) is 2.19. The van der Waals surface area contributed by atoms with Gasteiger partial charge < -0.3 is 0 Å². The molecule has 0 spiro atoms. The highest BCUT2D eigenvalue weighted by Crippen LogP contribution is 2.09. The van der Waals surface area contributed by atoms with E-state index in [9.17, 15) is 8.42 Å². The molecule has 0 saturated carbocycles. The number of pyridine rings is 1. The Balaban J connectivity index is 2.79. The van der Waals surface area contributed by atoms with Gasteiger partial charge in [0.1, 0.15) is 0 Å². The molecule has 1 heterocycles. The van der Waals surface area contributed by atoms with Crippen LogP contribution in [0.5, 0.6) is 0 Å². The maximum atomic E-state index is 11.4. The Hall–Kier alpha value is -1.10. The molecule has 0 aliphatic heterocycles. The number of anilines is 1. The molecule has 0 amide bonds. The minimum Gasteiger partial charge on any atom is -0.283 e. The first-order valence-electron chi connectivity index (χ1n) is 4.46. The van der Waals surface area contributed by atoms with Gasteiger partial charge in [0.05, 0.1) is 11.4 Å². The van der Waals surface area contributed by atoms with Crippen LogP contribution in [-0.2, 0) is 10.0 Å². The zero-order valence-electron chi connectivity index (χ0n) is 8.32. The molecule has 0 aliphatic rings. The quantitative estimate of drug-likeness (QED) is 0.827. The van der Waals surface area contributed by atoms with Gasteiger partial charge in [-0.15, -0.1) is 0 Å². The van der Waals surface area contributed by atoms with Crippen LogP contribution in [0.3, 0.4) is 0 Å². The van der Waals surface area contributed by atoms with Crippen molar-refractivity contribution in [1.29, 1.82) is 0 Å². The molecule has 0 saturated heterocycles. The number of nitrogens with one attached hydrogen (secondary N) is 1. The average molecular weight is 214 g/mol. The largest absolute Gasteiger partial charge is 0.283 e. The highest BCUT2D eigenvalue weighted by Gasteiger charge is 2.08. The Morgan fingerprint density at radius 1 is 1.50 bits per heavy atom. The van der Waals surface area contributed by atoms with E-state index in [4.69, 9.17) is 0 Å². The summed E-state index contributed by atoms with van der Waals surface area (Å²) < 4.78 is 25.3. The van der Waals surface area contributed by atoms with Gasteiger partial charge in [-0.25, -0.2) is 8.42 Å². The first-order chi connectivity index (χ1) is 6.53. The van der Waals surface area contributed by atoms with E-state index in [0.717, 1.165) is 5.69 Å². The van der Waals surface area contributed by atoms with Crippen LogP contribution in [0.2, 0.25) is 0 Å². The van der Waals surface area contributed by atoms with Gasteiger partial charge in [-0.3, -0.25) is 9.71 Å². The van der Waals surface area contributed by atoms with Gasteiger partial charge in [-0.1, -0.05) is 6.92 Å². The third-order valence-electron chi connectivity index (χ3n) is 1.64. The number of nitrogens with zero attached hydrogens (tertiary/aromatic N) is 1. The summed E-state index contributed by atoms with van der Waals surface area (Å²) in [7, 11) is -3.18. The van der Waals surface area contributed by atoms with Crippen LogP contribution in [0.4, 0.5) is 5.69 Å². The topological polar surface area (TPSA) is 59.1 Å². The van der Waals surface area contributed by atoms with Gasteiger partial charge in [0.2, 0.25) is 10.0 Å². The fraction of sp³-hybridized carbons (Fsp3) is 0.444. The Bertz CT molecular complexity index is 401. The lowest BCUT2D eigenvalue weighted by Crippen LogP contribution is -2.16. The van der Waals surface area contributed by atoms with Gasteiger partial charge in [0.15, 0.2) is 0 Å². The van der Waals surface area contributed by atoms with Crippen molar-refractivity contribution in [1.82, 2.24) is 4.98 Å². The molecule has 0 bridgehead atoms. The molecule has 0 unspecified atom stereocenters. The molecule has 14 heavy (non-hydrogen) atoms. The lowest BCUT2D eigenvalue weighted by molar-refractivity contribution is 0.600. The number of hydrogen-bond donors (Lipinski definition) is 1. The number of sulfonamides is 1. The maximum Gasteiger partial charge on any atom is 0.232 e. The zero-order chi connectivity index (χ0) is 10.6. The first-order valence-corrected chi connectivity index (χ1v) is 6.12. The fourth-order valence-corrected chi connectivity index (χ4v) is 2.23. The monoisotopic (exact) mass is 214 g/mol. The smallest absolute Gasteiger partial charge is 0.232 e. The maximum absolute atomic E-state index is 11.4. The van der Waals surface area contributed by atoms with Gasteiger partial charge >= 0.3 is 0 Å². The molecular formula is C9H14N2O2S. The second-order valence-corrected chi connectivity index (χ2v) is 4.95. The van der Waals surface area contributed by atoms with Crippen LogP contribution >= 0.6 is 0 Å². The Kier molecular flexibility index (Phi) is 3.46. The molecule has 0 aliphatic carbocycles. The molecule has 0 radical (unpaired) electrons. The Morgan fingerprint density at radius 3 is 2.79 bits per heavy atom. The molecular weight excluding hydrogens is 200 g/mol. The first kappa shape index (κ1) is 11.0. The number of aromatic nitrogens is 1. The molecule has 1 aromatic heterocycles. The zero-order valence-corrected chi connectivity index (χ0v) is 9.13. The molecule has 1 rings (SSSR count). The molecule has 0 aromatic carbocycles. The van der Waals surface area contributed by atoms with Crippen molar-refractivity contribution in [3.8, 4) is 0 Å². The van der Waals surface area contributed by atoms with Crippen molar-refractivity contribution in [2.75, 3.05) is 10.5 Å². The van der Waals surface area contributed by atoms with E-state index in [1.807, 2.05) is 13.8 Å². The predicted octanol–water partition coefficient (Wildman–Crippen LogP) is 1.54. The van der Waals surface area contributed by atoms with Crippen LogP contribution in [-0.4, -0.2) is 19.2 Å². The number of hydrogen-bond acceptors (Lipinski definition) is 3. The van der Waals surface area contributed by atoms with Crippen molar-refractivity contribution in [2.45, 2.75) is 20.3 Å². The summed E-state index contributed by atoms with van der Waals surface area (Å²) in [4.78, 5) is 3.98. The van der Waals surface area contributed by atoms with E-state index in [-0.39, 0.29) is 5.75 Å². The standard InChI is InChI=1S/C9H14N2O2S/c1-3-6-14(12,13)11-9-4-5-10-8(2)7-9/h4-5,7H,3,6H2,1-2H3,(H,10,11). The third-order valence-corrected chi connectivity index (χ3v) is 3.14. The Labute approximate surface area is 84.4 Å². The van der Waals surface area contributed by atoms with Crippen LogP contribution in [0.1, 0.15) is 19.0 Å². The molecule has 5 heteroatoms. The van der Waals surface area contributed by atoms with Gasteiger partial charge in [-0.05, 0) is 25.5 Å². The summed E-state index contributed by atoms with van der Waals surface area (Å²) in [5.41, 5.74) is 1.37. The molecule has 1 aromatic rings. The summed E-state index contributed by atoms with van der Waals surface area (Å²) in [6, 6.07) is 3.34. The van der Waals surface area contributed by atoms with E-state index >= 15 is 0 Å². The van der Waals surface area contributed by atoms with Crippen LogP contribution in [0.25, 0.3) is 0 Å². The lowest BCUT2D eigenvalue weighted by atomic mass is 10.3. The average Bonchev–Trinajstić information content (AvgIpc) is 2.02. The third kappa shape index (κ3) is 3.33. The van der Waals surface area contributed by atoms with E-state index in [1.165, 1.54) is 0 Å². The van der Waals surface area contributed by atoms with E-state index in [2.05, 4.69) is 9.71 Å². The summed E-state index contributed by atoms with van der Waals surface area (Å²) in [6.45, 7) is 3.65. The molecule has 4 nitrogen and oxygen atoms in total. The van der Waals surface area contributed by atoms with Crippen molar-refractivity contribution in [2.24, 2.45) is 0 Å². The summed E-state index contributed by atoms with van der Waals surface area (Å²) >= 11 is 0. The molecule has 0 fully saturated rings. The number of rotatable bonds is 4. The van der Waals surface area contributed by atoms with Gasteiger partial charge in [0, 0.05) is 11.9 Å². The van der Waals surface area contributed by atoms with E-state index < -0.39 is 10.0 Å². The Morgan fingerprint density at radius 2 is 2.21 bits per heavy atom. The van der Waals surface area contributed by atoms with E-state index in [0.29, 0.717) is 12.1 Å². The highest BCUT2D eigenvalue weighted by atomic mass is 32.2. The number of aryl methyl sites for hydroxylation is 1. The van der Waals surface area contributed by atoms with Crippen molar-refractivity contribution < 1.29 is 8.42 Å². The second kappa shape index (κ2) is 4.41. The van der Waals surface area contributed by atoms with Gasteiger partial charge in [0.25, 0.3) is 0 Å². The van der Waals surface area contributed by atoms with Crippen LogP contribution in [0, 0.1) is 6.92 Å². The lowest BCUT2D eigenvalue weighted by Gasteiger charge is -2.06. The SMILES string of the molecule is CCCS(=O)(=O)Nc1ccnc(C)c1. The molecule has 1 N–H and O–H groups in total. The van der Waals surface area contributed by atoms with Crippen LogP contribution < -0.4 is 4.72 Å². The van der Waals surface area contributed by atoms with Crippen molar-refractivity contribution in [3.05, 3.63) is 24.0 Å². The second-order valence-electron chi connectivity index (χ2n) is 3.11. The highest BCUT2D eigenvalue weighted by molar-refractivity contribution is 7.92. The molecule has 78 valence electrons. The van der Waals surface area contributed by atoms with E-state index in [1.54, 1.807) is 18.3 Å². The minimum atomic E-state index is -3.18. The van der Waals surface area contributed by atoms with Gasteiger partial charge in [-0.2, -0.15) is 0 Å². The summed E-state index contributed by atoms with van der Waals surface area (Å²) in [5.74, 6) is 0.147. The normalized spacial score (nSPS) is 11.3. The fourth-order valence-electron chi connectivity index (χ4n) is 1.11. The minimum absolute atomic E-state index is 0.147. The predicted molar refractivity (Wildman–Crippen MR) is 56.7 cm³/mol. The van der Waals surface area contributed by atoms with Crippen LogP contribution in [0.15, 0.2) is 18.3 Å². The van der Waals surface area contributed by atoms with Crippen molar-refractivity contribution >= 4 is 15.7 Å². The molecule has 0 atom stereocenters. The van der Waals surface area contributed by atoms with Crippen molar-refractivity contribution in [3.63, 3.8) is 0 Å².